The molecule has 7 nitrogen and oxygen atoms in total. The predicted molar refractivity (Wildman–Crippen MR) is 128 cm³/mol. The monoisotopic (exact) mass is 524 g/mol. The molecule has 0 unspecified atom stereocenters. The summed E-state index contributed by atoms with van der Waals surface area (Å²) in [5.74, 6) is 1.87. The van der Waals surface area contributed by atoms with Crippen LogP contribution in [-0.2, 0) is 24.4 Å². The van der Waals surface area contributed by atoms with Crippen molar-refractivity contribution in [2.24, 2.45) is 10.7 Å². The van der Waals surface area contributed by atoms with E-state index in [1.165, 1.54) is 11.1 Å². The van der Waals surface area contributed by atoms with Gasteiger partial charge in [-0.2, -0.15) is 0 Å². The van der Waals surface area contributed by atoms with Crippen molar-refractivity contribution in [3.05, 3.63) is 59.2 Å². The fraction of sp³-hybridized carbons (Fsp3) is 0.364. The van der Waals surface area contributed by atoms with Crippen molar-refractivity contribution >= 4 is 35.8 Å². The Hall–Kier alpha value is -2.49. The van der Waals surface area contributed by atoms with E-state index in [0.29, 0.717) is 56.5 Å². The zero-order chi connectivity index (χ0) is 20.6. The van der Waals surface area contributed by atoms with Crippen LogP contribution < -0.4 is 20.5 Å². The normalized spacial score (nSPS) is 12.7. The molecule has 1 aliphatic rings. The third kappa shape index (κ3) is 6.25. The van der Waals surface area contributed by atoms with Gasteiger partial charge in [0.25, 0.3) is 0 Å². The summed E-state index contributed by atoms with van der Waals surface area (Å²) in [7, 11) is 3.20. The number of benzene rings is 2. The molecule has 1 heterocycles. The van der Waals surface area contributed by atoms with Gasteiger partial charge in [0.2, 0.25) is 5.91 Å². The van der Waals surface area contributed by atoms with Crippen molar-refractivity contribution in [1.82, 2.24) is 10.2 Å². The van der Waals surface area contributed by atoms with E-state index in [2.05, 4.69) is 22.4 Å². The van der Waals surface area contributed by atoms with Crippen molar-refractivity contribution in [3.63, 3.8) is 0 Å². The highest BCUT2D eigenvalue weighted by atomic mass is 127. The summed E-state index contributed by atoms with van der Waals surface area (Å²) in [6.45, 7) is 2.45. The summed E-state index contributed by atoms with van der Waals surface area (Å²) in [6.07, 6.45) is 1.20. The minimum Gasteiger partial charge on any atom is -0.493 e. The second kappa shape index (κ2) is 11.6. The number of nitrogens with two attached hydrogens (primary N) is 1. The van der Waals surface area contributed by atoms with Gasteiger partial charge in [0.15, 0.2) is 17.5 Å². The first-order valence-corrected chi connectivity index (χ1v) is 9.70. The third-order valence-corrected chi connectivity index (χ3v) is 4.95. The Kier molecular flexibility index (Phi) is 9.22. The van der Waals surface area contributed by atoms with Crippen LogP contribution in [0.1, 0.15) is 29.5 Å². The zero-order valence-corrected chi connectivity index (χ0v) is 19.7. The molecular weight excluding hydrogens is 495 g/mol. The van der Waals surface area contributed by atoms with Crippen LogP contribution in [0.5, 0.6) is 11.5 Å². The lowest BCUT2D eigenvalue weighted by Crippen LogP contribution is -2.33. The van der Waals surface area contributed by atoms with Gasteiger partial charge in [0.05, 0.1) is 20.8 Å². The first kappa shape index (κ1) is 23.8. The number of hydrogen-bond acceptors (Lipinski definition) is 4. The molecule has 8 heteroatoms. The maximum absolute atomic E-state index is 12.4. The first-order valence-electron chi connectivity index (χ1n) is 9.70. The molecule has 0 atom stereocenters. The summed E-state index contributed by atoms with van der Waals surface area (Å²) in [6, 6.07) is 13.8. The molecule has 0 bridgehead atoms. The van der Waals surface area contributed by atoms with Crippen LogP contribution in [0.2, 0.25) is 0 Å². The highest BCUT2D eigenvalue weighted by Crippen LogP contribution is 2.27. The van der Waals surface area contributed by atoms with Gasteiger partial charge in [-0.05, 0) is 35.2 Å². The molecule has 0 aromatic heterocycles. The summed E-state index contributed by atoms with van der Waals surface area (Å²) in [5, 5.41) is 3.07. The highest BCUT2D eigenvalue weighted by Gasteiger charge is 2.22. The molecule has 2 aromatic rings. The van der Waals surface area contributed by atoms with E-state index < -0.39 is 0 Å². The van der Waals surface area contributed by atoms with Crippen LogP contribution in [0, 0.1) is 0 Å². The van der Waals surface area contributed by atoms with Gasteiger partial charge in [-0.15, -0.1) is 24.0 Å². The number of methoxy groups -OCH3 is 2. The molecule has 3 rings (SSSR count). The summed E-state index contributed by atoms with van der Waals surface area (Å²) in [4.78, 5) is 18.6. The van der Waals surface area contributed by atoms with Gasteiger partial charge in [-0.3, -0.25) is 4.79 Å². The fourth-order valence-corrected chi connectivity index (χ4v) is 3.34. The lowest BCUT2D eigenvalue weighted by Gasteiger charge is -2.15. The topological polar surface area (TPSA) is 89.2 Å². The first-order chi connectivity index (χ1) is 14.1. The Morgan fingerprint density at radius 2 is 1.77 bits per heavy atom. The average molecular weight is 524 g/mol. The van der Waals surface area contributed by atoms with E-state index in [4.69, 9.17) is 15.2 Å². The number of halogens is 1. The van der Waals surface area contributed by atoms with E-state index >= 15 is 0 Å². The summed E-state index contributed by atoms with van der Waals surface area (Å²) < 4.78 is 10.5. The van der Waals surface area contributed by atoms with Crippen LogP contribution in [0.15, 0.2) is 47.5 Å². The highest BCUT2D eigenvalue weighted by molar-refractivity contribution is 14.0. The van der Waals surface area contributed by atoms with Crippen molar-refractivity contribution in [2.75, 3.05) is 20.8 Å². The van der Waals surface area contributed by atoms with Crippen LogP contribution in [-0.4, -0.2) is 37.5 Å². The Balaban J connectivity index is 0.00000320. The quantitative estimate of drug-likeness (QED) is 0.240. The number of fused-ring (bicyclic) bond motifs is 1. The van der Waals surface area contributed by atoms with E-state index in [1.807, 2.05) is 35.2 Å². The van der Waals surface area contributed by atoms with Crippen LogP contribution in [0.3, 0.4) is 0 Å². The second-order valence-electron chi connectivity index (χ2n) is 6.94. The molecule has 0 saturated heterocycles. The van der Waals surface area contributed by atoms with Crippen molar-refractivity contribution < 1.29 is 14.3 Å². The standard InChI is InChI=1S/C22H28N4O3.HI/c1-28-19-10-9-16(12-20(19)29-2)13-25-22(23)24-11-5-8-21(27)26-14-17-6-3-4-7-18(17)15-26;/h3-4,6-7,9-10,12H,5,8,11,13-15H2,1-2H3,(H3,23,24,25);1H. The number of aliphatic imine (C=N–C) groups is 1. The molecular formula is C22H29IN4O3. The van der Waals surface area contributed by atoms with E-state index in [0.717, 1.165) is 5.56 Å². The average Bonchev–Trinajstić information content (AvgIpc) is 3.19. The van der Waals surface area contributed by atoms with Gasteiger partial charge in [0, 0.05) is 26.1 Å². The lowest BCUT2D eigenvalue weighted by atomic mass is 10.1. The summed E-state index contributed by atoms with van der Waals surface area (Å²) in [5.41, 5.74) is 9.38. The Morgan fingerprint density at radius 1 is 1.10 bits per heavy atom. The maximum atomic E-state index is 12.4. The zero-order valence-electron chi connectivity index (χ0n) is 17.4. The predicted octanol–water partition coefficient (Wildman–Crippen LogP) is 3.05. The molecule has 0 saturated carbocycles. The van der Waals surface area contributed by atoms with Crippen LogP contribution in [0.4, 0.5) is 0 Å². The summed E-state index contributed by atoms with van der Waals surface area (Å²) >= 11 is 0. The Labute approximate surface area is 194 Å². The fourth-order valence-electron chi connectivity index (χ4n) is 3.34. The maximum Gasteiger partial charge on any atom is 0.223 e. The van der Waals surface area contributed by atoms with Crippen molar-refractivity contribution in [1.29, 1.82) is 0 Å². The number of rotatable bonds is 8. The number of nitrogens with zero attached hydrogens (tertiary/aromatic N) is 2. The molecule has 0 spiro atoms. The molecule has 2 aromatic carbocycles. The third-order valence-electron chi connectivity index (χ3n) is 4.95. The van der Waals surface area contributed by atoms with Crippen LogP contribution >= 0.6 is 24.0 Å². The van der Waals surface area contributed by atoms with E-state index in [9.17, 15) is 4.79 Å². The number of carbonyl (C=O) groups is 1. The minimum absolute atomic E-state index is 0. The molecule has 30 heavy (non-hydrogen) atoms. The molecule has 162 valence electrons. The number of hydrogen-bond donors (Lipinski definition) is 2. The van der Waals surface area contributed by atoms with Gasteiger partial charge in [-0.25, -0.2) is 4.99 Å². The number of ether oxygens (including phenoxy) is 2. The molecule has 0 fully saturated rings. The number of amides is 1. The molecule has 1 amide bonds. The van der Waals surface area contributed by atoms with Gasteiger partial charge >= 0.3 is 0 Å². The second-order valence-corrected chi connectivity index (χ2v) is 6.94. The van der Waals surface area contributed by atoms with Gasteiger partial charge in [-0.1, -0.05) is 30.3 Å². The van der Waals surface area contributed by atoms with Crippen LogP contribution in [0.25, 0.3) is 0 Å². The molecule has 3 N–H and O–H groups in total. The Morgan fingerprint density at radius 3 is 2.40 bits per heavy atom. The molecule has 1 aliphatic heterocycles. The van der Waals surface area contributed by atoms with E-state index in [-0.39, 0.29) is 29.9 Å². The number of guanidine groups is 1. The number of carbonyl (C=O) groups excluding carboxylic acids is 1. The lowest BCUT2D eigenvalue weighted by molar-refractivity contribution is -0.131. The van der Waals surface area contributed by atoms with Crippen molar-refractivity contribution in [2.45, 2.75) is 32.5 Å². The van der Waals surface area contributed by atoms with Gasteiger partial charge < -0.3 is 25.4 Å². The minimum atomic E-state index is 0. The van der Waals surface area contributed by atoms with Crippen molar-refractivity contribution in [3.8, 4) is 11.5 Å². The molecule has 0 aliphatic carbocycles. The number of nitrogens with one attached hydrogen (secondary N) is 1. The van der Waals surface area contributed by atoms with E-state index in [1.54, 1.807) is 14.2 Å². The molecule has 0 radical (unpaired) electrons. The smallest absolute Gasteiger partial charge is 0.223 e. The Bertz CT molecular complexity index is 863. The van der Waals surface area contributed by atoms with Gasteiger partial charge in [0.1, 0.15) is 0 Å². The largest absolute Gasteiger partial charge is 0.493 e. The SMILES string of the molecule is COc1ccc(CN=C(N)NCCCC(=O)N2Cc3ccccc3C2)cc1OC.I.